The summed E-state index contributed by atoms with van der Waals surface area (Å²) in [5, 5.41) is 3.47. The molecule has 0 unspecified atom stereocenters. The van der Waals surface area contributed by atoms with E-state index in [1.807, 2.05) is 12.3 Å². The van der Waals surface area contributed by atoms with Crippen molar-refractivity contribution in [3.05, 3.63) is 59.4 Å². The van der Waals surface area contributed by atoms with Gasteiger partial charge in [-0.2, -0.15) is 0 Å². The van der Waals surface area contributed by atoms with E-state index in [1.54, 1.807) is 0 Å². The molecule has 2 heterocycles. The zero-order valence-corrected chi connectivity index (χ0v) is 12.7. The summed E-state index contributed by atoms with van der Waals surface area (Å²) in [6.07, 6.45) is 5.31. The molecule has 1 aliphatic heterocycles. The van der Waals surface area contributed by atoms with Crippen LogP contribution in [0.3, 0.4) is 0 Å². The highest BCUT2D eigenvalue weighted by Crippen LogP contribution is 2.23. The lowest BCUT2D eigenvalue weighted by Gasteiger charge is -2.21. The predicted molar refractivity (Wildman–Crippen MR) is 87.5 cm³/mol. The molecule has 1 N–H and O–H groups in total. The van der Waals surface area contributed by atoms with Gasteiger partial charge in [0.15, 0.2) is 0 Å². The molecule has 3 rings (SSSR count). The van der Waals surface area contributed by atoms with E-state index in [0.29, 0.717) is 0 Å². The molecule has 0 aliphatic carbocycles. The van der Waals surface area contributed by atoms with E-state index in [-0.39, 0.29) is 0 Å². The Morgan fingerprint density at radius 1 is 1.24 bits per heavy atom. The van der Waals surface area contributed by atoms with Crippen LogP contribution in [0.5, 0.6) is 0 Å². The molecule has 21 heavy (non-hydrogen) atoms. The first kappa shape index (κ1) is 14.1. The summed E-state index contributed by atoms with van der Waals surface area (Å²) >= 11 is 0. The zero-order chi connectivity index (χ0) is 14.5. The van der Waals surface area contributed by atoms with Crippen molar-refractivity contribution in [2.24, 2.45) is 0 Å². The summed E-state index contributed by atoms with van der Waals surface area (Å²) in [5.41, 5.74) is 5.36. The number of rotatable bonds is 5. The fourth-order valence-corrected chi connectivity index (χ4v) is 2.87. The molecular weight excluding hydrogens is 258 g/mol. The molecule has 0 saturated carbocycles. The number of likely N-dealkylation sites (N-methyl/N-ethyl adjacent to an activating group) is 1. The van der Waals surface area contributed by atoms with Gasteiger partial charge in [0.05, 0.1) is 0 Å². The molecule has 2 aromatic rings. The maximum atomic E-state index is 4.38. The molecule has 3 heteroatoms. The van der Waals surface area contributed by atoms with E-state index >= 15 is 0 Å². The number of fused-ring (bicyclic) bond motifs is 1. The zero-order valence-electron chi connectivity index (χ0n) is 12.7. The first-order valence-electron chi connectivity index (χ1n) is 7.75. The Kier molecular flexibility index (Phi) is 4.51. The van der Waals surface area contributed by atoms with E-state index in [9.17, 15) is 0 Å². The third-order valence-corrected chi connectivity index (χ3v) is 4.04. The molecule has 0 amide bonds. The molecule has 0 atom stereocenters. The second-order valence-electron chi connectivity index (χ2n) is 5.83. The van der Waals surface area contributed by atoms with Crippen LogP contribution in [-0.4, -0.2) is 30.0 Å². The summed E-state index contributed by atoms with van der Waals surface area (Å²) in [6, 6.07) is 13.0. The minimum absolute atomic E-state index is 1.00. The molecular formula is C18H23N3. The van der Waals surface area contributed by atoms with Crippen molar-refractivity contribution < 1.29 is 0 Å². The van der Waals surface area contributed by atoms with Crippen LogP contribution >= 0.6 is 0 Å². The fraction of sp³-hybridized carbons (Fsp3) is 0.389. The average Bonchev–Trinajstić information content (AvgIpc) is 2.54. The van der Waals surface area contributed by atoms with Gasteiger partial charge >= 0.3 is 0 Å². The van der Waals surface area contributed by atoms with Crippen molar-refractivity contribution in [3.63, 3.8) is 0 Å². The Labute approximate surface area is 127 Å². The van der Waals surface area contributed by atoms with Gasteiger partial charge in [-0.25, -0.2) is 0 Å². The maximum Gasteiger partial charge on any atom is 0.0416 e. The fourth-order valence-electron chi connectivity index (χ4n) is 2.87. The molecule has 110 valence electrons. The number of benzene rings is 1. The summed E-state index contributed by atoms with van der Waals surface area (Å²) in [6.45, 7) is 3.14. The van der Waals surface area contributed by atoms with E-state index in [4.69, 9.17) is 0 Å². The van der Waals surface area contributed by atoms with Crippen LogP contribution in [0.4, 0.5) is 5.69 Å². The van der Waals surface area contributed by atoms with Crippen LogP contribution in [0.15, 0.2) is 42.6 Å². The number of pyridine rings is 1. The smallest absolute Gasteiger partial charge is 0.0416 e. The van der Waals surface area contributed by atoms with Gasteiger partial charge in [-0.05, 0) is 49.2 Å². The maximum absolute atomic E-state index is 4.38. The van der Waals surface area contributed by atoms with Crippen LogP contribution in [-0.2, 0) is 19.4 Å². The molecule has 0 saturated heterocycles. The topological polar surface area (TPSA) is 28.2 Å². The van der Waals surface area contributed by atoms with Crippen molar-refractivity contribution in [1.29, 1.82) is 0 Å². The number of hydrogen-bond acceptors (Lipinski definition) is 3. The number of anilines is 1. The SMILES string of the molecule is CN(CCc1ccccn1)Cc1ccc2c(c1)CCCN2. The number of aromatic nitrogens is 1. The highest BCUT2D eigenvalue weighted by Gasteiger charge is 2.09. The predicted octanol–water partition coefficient (Wildman–Crippen LogP) is 3.11. The molecule has 1 aliphatic rings. The molecule has 0 bridgehead atoms. The third-order valence-electron chi connectivity index (χ3n) is 4.04. The molecule has 1 aromatic heterocycles. The van der Waals surface area contributed by atoms with Crippen LogP contribution in [0.2, 0.25) is 0 Å². The minimum Gasteiger partial charge on any atom is -0.385 e. The summed E-state index contributed by atoms with van der Waals surface area (Å²) < 4.78 is 0. The number of aryl methyl sites for hydroxylation is 1. The summed E-state index contributed by atoms with van der Waals surface area (Å²) in [4.78, 5) is 6.75. The van der Waals surface area contributed by atoms with Gasteiger partial charge in [0.2, 0.25) is 0 Å². The van der Waals surface area contributed by atoms with Gasteiger partial charge in [-0.15, -0.1) is 0 Å². The lowest BCUT2D eigenvalue weighted by atomic mass is 10.0. The first-order valence-corrected chi connectivity index (χ1v) is 7.75. The molecule has 1 aromatic carbocycles. The quantitative estimate of drug-likeness (QED) is 0.912. The van der Waals surface area contributed by atoms with Crippen molar-refractivity contribution in [1.82, 2.24) is 9.88 Å². The van der Waals surface area contributed by atoms with Crippen molar-refractivity contribution in [2.45, 2.75) is 25.8 Å². The monoisotopic (exact) mass is 281 g/mol. The standard InChI is InChI=1S/C18H23N3/c1-21(12-9-17-6-2-3-10-19-17)14-15-7-8-18-16(13-15)5-4-11-20-18/h2-3,6-8,10,13,20H,4-5,9,11-12,14H2,1H3. The summed E-state index contributed by atoms with van der Waals surface area (Å²) in [5.74, 6) is 0. The summed E-state index contributed by atoms with van der Waals surface area (Å²) in [7, 11) is 2.18. The minimum atomic E-state index is 1.00. The molecule has 0 spiro atoms. The lowest BCUT2D eigenvalue weighted by molar-refractivity contribution is 0.330. The number of nitrogens with one attached hydrogen (secondary N) is 1. The second kappa shape index (κ2) is 6.72. The highest BCUT2D eigenvalue weighted by molar-refractivity contribution is 5.54. The number of hydrogen-bond donors (Lipinski definition) is 1. The van der Waals surface area contributed by atoms with E-state index in [1.165, 1.54) is 35.3 Å². The van der Waals surface area contributed by atoms with Crippen molar-refractivity contribution >= 4 is 5.69 Å². The average molecular weight is 281 g/mol. The molecule has 0 fully saturated rings. The van der Waals surface area contributed by atoms with Crippen LogP contribution < -0.4 is 5.32 Å². The second-order valence-corrected chi connectivity index (χ2v) is 5.83. The van der Waals surface area contributed by atoms with Gasteiger partial charge in [0.1, 0.15) is 0 Å². The van der Waals surface area contributed by atoms with Gasteiger partial charge in [-0.3, -0.25) is 4.98 Å². The van der Waals surface area contributed by atoms with Crippen molar-refractivity contribution in [3.8, 4) is 0 Å². The van der Waals surface area contributed by atoms with E-state index in [0.717, 1.165) is 26.1 Å². The largest absolute Gasteiger partial charge is 0.385 e. The van der Waals surface area contributed by atoms with Gasteiger partial charge < -0.3 is 10.2 Å². The van der Waals surface area contributed by atoms with Crippen LogP contribution in [0.25, 0.3) is 0 Å². The van der Waals surface area contributed by atoms with Gasteiger partial charge in [0.25, 0.3) is 0 Å². The highest BCUT2D eigenvalue weighted by atomic mass is 15.1. The molecule has 0 radical (unpaired) electrons. The first-order chi connectivity index (χ1) is 10.3. The Balaban J connectivity index is 1.56. The Bertz CT molecular complexity index is 580. The third kappa shape index (κ3) is 3.82. The van der Waals surface area contributed by atoms with Crippen LogP contribution in [0.1, 0.15) is 23.2 Å². The van der Waals surface area contributed by atoms with Gasteiger partial charge in [0, 0.05) is 43.6 Å². The lowest BCUT2D eigenvalue weighted by Crippen LogP contribution is -2.21. The normalized spacial score (nSPS) is 13.8. The van der Waals surface area contributed by atoms with Crippen LogP contribution in [0, 0.1) is 0 Å². The molecule has 3 nitrogen and oxygen atoms in total. The van der Waals surface area contributed by atoms with Crippen molar-refractivity contribution in [2.75, 3.05) is 25.5 Å². The Morgan fingerprint density at radius 3 is 3.05 bits per heavy atom. The van der Waals surface area contributed by atoms with Gasteiger partial charge in [-0.1, -0.05) is 18.2 Å². The Hall–Kier alpha value is -1.87. The Morgan fingerprint density at radius 2 is 2.19 bits per heavy atom. The van der Waals surface area contributed by atoms with E-state index in [2.05, 4.69) is 52.6 Å². The number of nitrogens with zero attached hydrogens (tertiary/aromatic N) is 2. The van der Waals surface area contributed by atoms with E-state index < -0.39 is 0 Å².